The van der Waals surface area contributed by atoms with E-state index >= 15 is 0 Å². The second-order valence-corrected chi connectivity index (χ2v) is 4.85. The summed E-state index contributed by atoms with van der Waals surface area (Å²) in [7, 11) is 0. The van der Waals surface area contributed by atoms with Crippen LogP contribution in [0.25, 0.3) is 0 Å². The highest BCUT2D eigenvalue weighted by atomic mass is 79.9. The standard InChI is InChI=1S/C11H10BrNOS/c12-10-6-15-5-9(10)11(14)7-2-1-3-8(13)4-7/h1-6,11,14H,13H2. The Balaban J connectivity index is 2.36. The molecule has 0 bridgehead atoms. The van der Waals surface area contributed by atoms with Crippen LogP contribution in [0, 0.1) is 0 Å². The van der Waals surface area contributed by atoms with E-state index in [1.54, 1.807) is 23.5 Å². The second kappa shape index (κ2) is 4.35. The lowest BCUT2D eigenvalue weighted by Crippen LogP contribution is -1.99. The predicted molar refractivity (Wildman–Crippen MR) is 66.9 cm³/mol. The zero-order valence-corrected chi connectivity index (χ0v) is 10.3. The summed E-state index contributed by atoms with van der Waals surface area (Å²) in [5.74, 6) is 0. The zero-order valence-electron chi connectivity index (χ0n) is 7.85. The van der Waals surface area contributed by atoms with Gasteiger partial charge in [0.25, 0.3) is 0 Å². The van der Waals surface area contributed by atoms with Gasteiger partial charge in [0.2, 0.25) is 0 Å². The smallest absolute Gasteiger partial charge is 0.106 e. The molecule has 0 saturated heterocycles. The average Bonchev–Trinajstić information content (AvgIpc) is 2.63. The van der Waals surface area contributed by atoms with Crippen LogP contribution in [0.4, 0.5) is 5.69 Å². The minimum Gasteiger partial charge on any atom is -0.399 e. The van der Waals surface area contributed by atoms with Gasteiger partial charge in [-0.05, 0) is 39.0 Å². The highest BCUT2D eigenvalue weighted by Gasteiger charge is 2.14. The molecule has 0 radical (unpaired) electrons. The Labute approximate surface area is 100 Å². The Kier molecular flexibility index (Phi) is 3.09. The van der Waals surface area contributed by atoms with Crippen molar-refractivity contribution >= 4 is 33.0 Å². The van der Waals surface area contributed by atoms with Crippen molar-refractivity contribution in [2.24, 2.45) is 0 Å². The van der Waals surface area contributed by atoms with Crippen LogP contribution in [-0.4, -0.2) is 5.11 Å². The van der Waals surface area contributed by atoms with E-state index in [0.29, 0.717) is 5.69 Å². The highest BCUT2D eigenvalue weighted by Crippen LogP contribution is 2.31. The predicted octanol–water partition coefficient (Wildman–Crippen LogP) is 3.17. The molecule has 4 heteroatoms. The van der Waals surface area contributed by atoms with Crippen molar-refractivity contribution in [3.05, 3.63) is 50.6 Å². The molecule has 1 heterocycles. The Hall–Kier alpha value is -0.840. The third kappa shape index (κ3) is 2.22. The van der Waals surface area contributed by atoms with Gasteiger partial charge < -0.3 is 10.8 Å². The lowest BCUT2D eigenvalue weighted by Gasteiger charge is -2.10. The van der Waals surface area contributed by atoms with Gasteiger partial charge in [0, 0.05) is 21.1 Å². The van der Waals surface area contributed by atoms with Crippen molar-refractivity contribution in [2.45, 2.75) is 6.10 Å². The number of hydrogen-bond acceptors (Lipinski definition) is 3. The molecule has 1 unspecified atom stereocenters. The molecule has 3 N–H and O–H groups in total. The van der Waals surface area contributed by atoms with E-state index in [1.807, 2.05) is 22.9 Å². The first kappa shape index (κ1) is 10.7. The van der Waals surface area contributed by atoms with Gasteiger partial charge in [0.05, 0.1) is 0 Å². The number of aliphatic hydroxyl groups excluding tert-OH is 1. The third-order valence-electron chi connectivity index (χ3n) is 2.16. The monoisotopic (exact) mass is 283 g/mol. The maximum atomic E-state index is 10.1. The topological polar surface area (TPSA) is 46.2 Å². The number of aliphatic hydroxyl groups is 1. The van der Waals surface area contributed by atoms with Crippen molar-refractivity contribution in [1.29, 1.82) is 0 Å². The molecular formula is C11H10BrNOS. The van der Waals surface area contributed by atoms with Gasteiger partial charge in [-0.2, -0.15) is 11.3 Å². The van der Waals surface area contributed by atoms with Crippen LogP contribution in [-0.2, 0) is 0 Å². The van der Waals surface area contributed by atoms with Gasteiger partial charge in [-0.1, -0.05) is 12.1 Å². The molecule has 0 aliphatic rings. The molecule has 15 heavy (non-hydrogen) atoms. The molecule has 2 nitrogen and oxygen atoms in total. The number of halogens is 1. The van der Waals surface area contributed by atoms with Gasteiger partial charge in [0.1, 0.15) is 6.10 Å². The van der Waals surface area contributed by atoms with Crippen molar-refractivity contribution in [3.8, 4) is 0 Å². The van der Waals surface area contributed by atoms with Gasteiger partial charge in [-0.3, -0.25) is 0 Å². The molecule has 0 saturated carbocycles. The molecule has 1 aromatic carbocycles. The van der Waals surface area contributed by atoms with Gasteiger partial charge >= 0.3 is 0 Å². The largest absolute Gasteiger partial charge is 0.399 e. The summed E-state index contributed by atoms with van der Waals surface area (Å²) in [4.78, 5) is 0. The summed E-state index contributed by atoms with van der Waals surface area (Å²) in [6, 6.07) is 7.30. The third-order valence-corrected chi connectivity index (χ3v) is 3.91. The van der Waals surface area contributed by atoms with Crippen LogP contribution in [0.2, 0.25) is 0 Å². The van der Waals surface area contributed by atoms with Crippen LogP contribution in [0.5, 0.6) is 0 Å². The Morgan fingerprint density at radius 2 is 2.13 bits per heavy atom. The number of thiophene rings is 1. The van der Waals surface area contributed by atoms with Crippen molar-refractivity contribution in [1.82, 2.24) is 0 Å². The Morgan fingerprint density at radius 1 is 1.33 bits per heavy atom. The maximum absolute atomic E-state index is 10.1. The number of nitrogens with two attached hydrogens (primary N) is 1. The molecule has 0 amide bonds. The van der Waals surface area contributed by atoms with Crippen molar-refractivity contribution in [3.63, 3.8) is 0 Å². The summed E-state index contributed by atoms with van der Waals surface area (Å²) in [6.07, 6.45) is -0.617. The Bertz CT molecular complexity index is 469. The maximum Gasteiger partial charge on any atom is 0.106 e. The highest BCUT2D eigenvalue weighted by molar-refractivity contribution is 9.10. The summed E-state index contributed by atoms with van der Waals surface area (Å²) < 4.78 is 0.933. The minimum atomic E-state index is -0.617. The van der Waals surface area contributed by atoms with E-state index in [-0.39, 0.29) is 0 Å². The first-order chi connectivity index (χ1) is 7.18. The van der Waals surface area contributed by atoms with E-state index < -0.39 is 6.10 Å². The molecule has 0 aliphatic carbocycles. The summed E-state index contributed by atoms with van der Waals surface area (Å²) >= 11 is 4.96. The SMILES string of the molecule is Nc1cccc(C(O)c2cscc2Br)c1. The zero-order chi connectivity index (χ0) is 10.8. The number of hydrogen-bond donors (Lipinski definition) is 2. The summed E-state index contributed by atoms with van der Waals surface area (Å²) in [6.45, 7) is 0. The number of anilines is 1. The summed E-state index contributed by atoms with van der Waals surface area (Å²) in [5, 5.41) is 14.0. The van der Waals surface area contributed by atoms with E-state index in [4.69, 9.17) is 5.73 Å². The summed E-state index contributed by atoms with van der Waals surface area (Å²) in [5.41, 5.74) is 8.03. The van der Waals surface area contributed by atoms with E-state index in [2.05, 4.69) is 15.9 Å². The fourth-order valence-electron chi connectivity index (χ4n) is 1.40. The first-order valence-corrected chi connectivity index (χ1v) is 6.17. The molecule has 1 atom stereocenters. The van der Waals surface area contributed by atoms with Crippen LogP contribution >= 0.6 is 27.3 Å². The van der Waals surface area contributed by atoms with Gasteiger partial charge in [-0.25, -0.2) is 0 Å². The molecule has 0 fully saturated rings. The number of rotatable bonds is 2. The lowest BCUT2D eigenvalue weighted by atomic mass is 10.0. The quantitative estimate of drug-likeness (QED) is 0.832. The normalized spacial score (nSPS) is 12.7. The van der Waals surface area contributed by atoms with E-state index in [9.17, 15) is 5.11 Å². The number of nitrogen functional groups attached to an aromatic ring is 1. The molecule has 2 aromatic rings. The molecule has 1 aromatic heterocycles. The van der Waals surface area contributed by atoms with Gasteiger partial charge in [0.15, 0.2) is 0 Å². The van der Waals surface area contributed by atoms with Crippen LogP contribution in [0.15, 0.2) is 39.5 Å². The fraction of sp³-hybridized carbons (Fsp3) is 0.0909. The minimum absolute atomic E-state index is 0.617. The lowest BCUT2D eigenvalue weighted by molar-refractivity contribution is 0.220. The molecule has 2 rings (SSSR count). The van der Waals surface area contributed by atoms with E-state index in [1.165, 1.54) is 0 Å². The van der Waals surface area contributed by atoms with Gasteiger partial charge in [-0.15, -0.1) is 0 Å². The van der Waals surface area contributed by atoms with Crippen LogP contribution in [0.1, 0.15) is 17.2 Å². The molecule has 78 valence electrons. The van der Waals surface area contributed by atoms with Crippen molar-refractivity contribution in [2.75, 3.05) is 5.73 Å². The van der Waals surface area contributed by atoms with Crippen LogP contribution < -0.4 is 5.73 Å². The van der Waals surface area contributed by atoms with Crippen LogP contribution in [0.3, 0.4) is 0 Å². The average molecular weight is 284 g/mol. The molecule has 0 aliphatic heterocycles. The molecular weight excluding hydrogens is 274 g/mol. The van der Waals surface area contributed by atoms with E-state index in [0.717, 1.165) is 15.6 Å². The second-order valence-electron chi connectivity index (χ2n) is 3.25. The Morgan fingerprint density at radius 3 is 2.73 bits per heavy atom. The fourth-order valence-corrected chi connectivity index (χ4v) is 2.93. The first-order valence-electron chi connectivity index (χ1n) is 4.43. The van der Waals surface area contributed by atoms with Crippen molar-refractivity contribution < 1.29 is 5.11 Å². The number of benzene rings is 1. The molecule has 0 spiro atoms.